The van der Waals surface area contributed by atoms with Crippen LogP contribution in [0.2, 0.25) is 0 Å². The molecule has 0 spiro atoms. The van der Waals surface area contributed by atoms with Gasteiger partial charge < -0.3 is 14.7 Å². The minimum Gasteiger partial charge on any atom is -0.508 e. The number of hydrogen-bond donors (Lipinski definition) is 1. The monoisotopic (exact) mass is 306 g/mol. The van der Waals surface area contributed by atoms with Crippen molar-refractivity contribution in [3.8, 4) is 5.75 Å². The largest absolute Gasteiger partial charge is 0.508 e. The predicted octanol–water partition coefficient (Wildman–Crippen LogP) is 2.75. The van der Waals surface area contributed by atoms with E-state index in [2.05, 4.69) is 4.90 Å². The quantitative estimate of drug-likeness (QED) is 0.913. The van der Waals surface area contributed by atoms with Gasteiger partial charge in [-0.05, 0) is 39.3 Å². The van der Waals surface area contributed by atoms with E-state index < -0.39 is 5.60 Å². The van der Waals surface area contributed by atoms with Crippen molar-refractivity contribution >= 4 is 6.09 Å². The lowest BCUT2D eigenvalue weighted by atomic mass is 10.1. The molecule has 0 unspecified atom stereocenters. The summed E-state index contributed by atoms with van der Waals surface area (Å²) in [5, 5.41) is 9.98. The number of aryl methyl sites for hydroxylation is 1. The van der Waals surface area contributed by atoms with Crippen LogP contribution in [0.1, 0.15) is 31.9 Å². The van der Waals surface area contributed by atoms with E-state index in [0.29, 0.717) is 25.4 Å². The number of piperazine rings is 1. The van der Waals surface area contributed by atoms with Crippen molar-refractivity contribution in [3.63, 3.8) is 0 Å². The molecule has 0 aliphatic carbocycles. The molecule has 1 aliphatic heterocycles. The lowest BCUT2D eigenvalue weighted by molar-refractivity contribution is 0.0138. The third-order valence-electron chi connectivity index (χ3n) is 3.66. The van der Waals surface area contributed by atoms with E-state index in [9.17, 15) is 9.90 Å². The highest BCUT2D eigenvalue weighted by molar-refractivity contribution is 5.68. The maximum absolute atomic E-state index is 12.0. The first-order valence-electron chi connectivity index (χ1n) is 7.73. The molecule has 5 nitrogen and oxygen atoms in total. The number of hydrogen-bond acceptors (Lipinski definition) is 4. The number of amides is 1. The third-order valence-corrected chi connectivity index (χ3v) is 3.66. The van der Waals surface area contributed by atoms with Crippen LogP contribution >= 0.6 is 0 Å². The summed E-state index contributed by atoms with van der Waals surface area (Å²) < 4.78 is 5.39. The number of phenolic OH excluding ortho intramolecular Hbond substituents is 1. The summed E-state index contributed by atoms with van der Waals surface area (Å²) in [6.07, 6.45) is -0.245. The van der Waals surface area contributed by atoms with E-state index >= 15 is 0 Å². The second kappa shape index (κ2) is 6.57. The number of phenols is 1. The summed E-state index contributed by atoms with van der Waals surface area (Å²) in [5.74, 6) is 0.342. The summed E-state index contributed by atoms with van der Waals surface area (Å²) in [5.41, 5.74) is 1.52. The van der Waals surface area contributed by atoms with Gasteiger partial charge >= 0.3 is 6.09 Å². The summed E-state index contributed by atoms with van der Waals surface area (Å²) >= 11 is 0. The fourth-order valence-electron chi connectivity index (χ4n) is 2.46. The Morgan fingerprint density at radius 1 is 1.23 bits per heavy atom. The predicted molar refractivity (Wildman–Crippen MR) is 85.9 cm³/mol. The van der Waals surface area contributed by atoms with Gasteiger partial charge in [0, 0.05) is 38.3 Å². The Morgan fingerprint density at radius 2 is 1.86 bits per heavy atom. The minimum absolute atomic E-state index is 0.245. The zero-order chi connectivity index (χ0) is 16.3. The Labute approximate surface area is 132 Å². The Hall–Kier alpha value is -1.75. The minimum atomic E-state index is -0.456. The first-order valence-corrected chi connectivity index (χ1v) is 7.73. The molecule has 5 heteroatoms. The molecule has 122 valence electrons. The van der Waals surface area contributed by atoms with Crippen LogP contribution in [-0.4, -0.2) is 52.8 Å². The van der Waals surface area contributed by atoms with Crippen LogP contribution in [0, 0.1) is 6.92 Å². The van der Waals surface area contributed by atoms with Gasteiger partial charge in [0.2, 0.25) is 0 Å². The molecule has 1 fully saturated rings. The second-order valence-corrected chi connectivity index (χ2v) is 6.88. The maximum atomic E-state index is 12.0. The molecule has 1 amide bonds. The van der Waals surface area contributed by atoms with Gasteiger partial charge in [-0.3, -0.25) is 4.90 Å². The first kappa shape index (κ1) is 16.6. The SMILES string of the molecule is Cc1ccc(CN2CCN(C(=O)OC(C)(C)C)CC2)c(O)c1. The Kier molecular flexibility index (Phi) is 4.96. The molecule has 0 atom stereocenters. The average molecular weight is 306 g/mol. The van der Waals surface area contributed by atoms with Gasteiger partial charge in [0.25, 0.3) is 0 Å². The van der Waals surface area contributed by atoms with E-state index in [0.717, 1.165) is 24.2 Å². The second-order valence-electron chi connectivity index (χ2n) is 6.88. The fraction of sp³-hybridized carbons (Fsp3) is 0.588. The van der Waals surface area contributed by atoms with E-state index in [1.54, 1.807) is 11.0 Å². The van der Waals surface area contributed by atoms with Crippen LogP contribution in [-0.2, 0) is 11.3 Å². The molecule has 1 aromatic carbocycles. The highest BCUT2D eigenvalue weighted by Gasteiger charge is 2.26. The Morgan fingerprint density at radius 3 is 2.41 bits per heavy atom. The van der Waals surface area contributed by atoms with Crippen molar-refractivity contribution in [1.29, 1.82) is 0 Å². The van der Waals surface area contributed by atoms with Gasteiger partial charge in [0.15, 0.2) is 0 Å². The summed E-state index contributed by atoms with van der Waals surface area (Å²) in [4.78, 5) is 16.0. The van der Waals surface area contributed by atoms with Gasteiger partial charge in [-0.2, -0.15) is 0 Å². The number of ether oxygens (including phenoxy) is 1. The van der Waals surface area contributed by atoms with E-state index in [1.165, 1.54) is 0 Å². The van der Waals surface area contributed by atoms with E-state index in [-0.39, 0.29) is 6.09 Å². The van der Waals surface area contributed by atoms with Gasteiger partial charge in [0.05, 0.1) is 0 Å². The number of carbonyl (C=O) groups is 1. The molecule has 0 bridgehead atoms. The normalized spacial score (nSPS) is 16.6. The third kappa shape index (κ3) is 4.63. The van der Waals surface area contributed by atoms with Crippen LogP contribution in [0.25, 0.3) is 0 Å². The standard InChI is InChI=1S/C17H26N2O3/c1-13-5-6-14(15(20)11-13)12-18-7-9-19(10-8-18)16(21)22-17(2,3)4/h5-6,11,20H,7-10,12H2,1-4H3. The number of nitrogens with zero attached hydrogens (tertiary/aromatic N) is 2. The number of aromatic hydroxyl groups is 1. The molecule has 1 heterocycles. The smallest absolute Gasteiger partial charge is 0.410 e. The molecule has 22 heavy (non-hydrogen) atoms. The molecular formula is C17H26N2O3. The van der Waals surface area contributed by atoms with Crippen molar-refractivity contribution in [2.24, 2.45) is 0 Å². The lowest BCUT2D eigenvalue weighted by Crippen LogP contribution is -2.49. The van der Waals surface area contributed by atoms with Gasteiger partial charge in [-0.25, -0.2) is 4.79 Å². The lowest BCUT2D eigenvalue weighted by Gasteiger charge is -2.35. The molecule has 0 saturated carbocycles. The average Bonchev–Trinajstić information content (AvgIpc) is 2.41. The molecule has 1 aliphatic rings. The maximum Gasteiger partial charge on any atom is 0.410 e. The Bertz CT molecular complexity index is 529. The van der Waals surface area contributed by atoms with Crippen molar-refractivity contribution < 1.29 is 14.6 Å². The van der Waals surface area contributed by atoms with Crippen molar-refractivity contribution in [2.45, 2.75) is 39.8 Å². The molecule has 1 aromatic rings. The summed E-state index contributed by atoms with van der Waals surface area (Å²) in [6.45, 7) is 11.2. The topological polar surface area (TPSA) is 53.0 Å². The van der Waals surface area contributed by atoms with Crippen LogP contribution < -0.4 is 0 Å². The van der Waals surface area contributed by atoms with Crippen molar-refractivity contribution in [1.82, 2.24) is 9.80 Å². The molecule has 1 saturated heterocycles. The van der Waals surface area contributed by atoms with Gasteiger partial charge in [-0.15, -0.1) is 0 Å². The van der Waals surface area contributed by atoms with Crippen LogP contribution in [0.4, 0.5) is 4.79 Å². The number of rotatable bonds is 2. The van der Waals surface area contributed by atoms with Crippen LogP contribution in [0.5, 0.6) is 5.75 Å². The van der Waals surface area contributed by atoms with Crippen molar-refractivity contribution in [2.75, 3.05) is 26.2 Å². The van der Waals surface area contributed by atoms with Gasteiger partial charge in [0.1, 0.15) is 11.4 Å². The zero-order valence-electron chi connectivity index (χ0n) is 13.9. The van der Waals surface area contributed by atoms with E-state index in [1.807, 2.05) is 39.8 Å². The summed E-state index contributed by atoms with van der Waals surface area (Å²) in [7, 11) is 0. The molecular weight excluding hydrogens is 280 g/mol. The fourth-order valence-corrected chi connectivity index (χ4v) is 2.46. The molecule has 0 radical (unpaired) electrons. The summed E-state index contributed by atoms with van der Waals surface area (Å²) in [6, 6.07) is 5.75. The number of benzene rings is 1. The first-order chi connectivity index (χ1) is 10.2. The van der Waals surface area contributed by atoms with E-state index in [4.69, 9.17) is 4.74 Å². The number of carbonyl (C=O) groups excluding carboxylic acids is 1. The highest BCUT2D eigenvalue weighted by atomic mass is 16.6. The zero-order valence-corrected chi connectivity index (χ0v) is 13.9. The van der Waals surface area contributed by atoms with Crippen LogP contribution in [0.3, 0.4) is 0 Å². The molecule has 0 aromatic heterocycles. The molecule has 1 N–H and O–H groups in total. The van der Waals surface area contributed by atoms with Crippen LogP contribution in [0.15, 0.2) is 18.2 Å². The van der Waals surface area contributed by atoms with Gasteiger partial charge in [-0.1, -0.05) is 12.1 Å². The highest BCUT2D eigenvalue weighted by Crippen LogP contribution is 2.21. The van der Waals surface area contributed by atoms with Crippen molar-refractivity contribution in [3.05, 3.63) is 29.3 Å². The Balaban J connectivity index is 1.86. The molecule has 2 rings (SSSR count).